The van der Waals surface area contributed by atoms with Crippen molar-refractivity contribution in [2.75, 3.05) is 0 Å². The standard InChI is InChI=1S/C19H15FN4OS/c1-12(18-23-22-16-4-2-3-10-24(16)18)21-19(25)17-15(9-11-26-17)13-5-7-14(20)8-6-13/h2-12H,1H3,(H,21,25)/t12-/m1/s1. The SMILES string of the molecule is C[C@@H](NC(=O)c1sccc1-c1ccc(F)cc1)c1nnc2ccccn12. The molecule has 0 saturated heterocycles. The monoisotopic (exact) mass is 366 g/mol. The molecule has 3 heterocycles. The van der Waals surface area contributed by atoms with E-state index in [4.69, 9.17) is 0 Å². The van der Waals surface area contributed by atoms with Crippen LogP contribution in [0.1, 0.15) is 28.5 Å². The van der Waals surface area contributed by atoms with Gasteiger partial charge in [-0.05, 0) is 48.2 Å². The molecule has 0 aliphatic carbocycles. The Bertz CT molecular complexity index is 1070. The van der Waals surface area contributed by atoms with E-state index < -0.39 is 0 Å². The lowest BCUT2D eigenvalue weighted by atomic mass is 10.1. The lowest BCUT2D eigenvalue weighted by molar-refractivity contribution is 0.0943. The fourth-order valence-corrected chi connectivity index (χ4v) is 3.64. The van der Waals surface area contributed by atoms with Gasteiger partial charge in [-0.1, -0.05) is 18.2 Å². The van der Waals surface area contributed by atoms with Crippen molar-refractivity contribution in [1.29, 1.82) is 0 Å². The van der Waals surface area contributed by atoms with Crippen LogP contribution in [0.4, 0.5) is 4.39 Å². The first-order valence-electron chi connectivity index (χ1n) is 8.07. The molecular weight excluding hydrogens is 351 g/mol. The average Bonchev–Trinajstić information content (AvgIpc) is 3.29. The fourth-order valence-electron chi connectivity index (χ4n) is 2.82. The Morgan fingerprint density at radius 1 is 1.15 bits per heavy atom. The number of carbonyl (C=O) groups excluding carboxylic acids is 1. The van der Waals surface area contributed by atoms with Crippen molar-refractivity contribution in [2.45, 2.75) is 13.0 Å². The molecule has 0 aliphatic heterocycles. The maximum Gasteiger partial charge on any atom is 0.262 e. The van der Waals surface area contributed by atoms with Crippen molar-refractivity contribution < 1.29 is 9.18 Å². The molecule has 1 N–H and O–H groups in total. The molecule has 0 spiro atoms. The number of fused-ring (bicyclic) bond motifs is 1. The molecule has 0 saturated carbocycles. The zero-order chi connectivity index (χ0) is 18.1. The molecule has 7 heteroatoms. The van der Waals surface area contributed by atoms with Gasteiger partial charge in [0.25, 0.3) is 5.91 Å². The Labute approximate surface area is 153 Å². The highest BCUT2D eigenvalue weighted by Gasteiger charge is 2.20. The minimum atomic E-state index is -0.317. The zero-order valence-corrected chi connectivity index (χ0v) is 14.7. The summed E-state index contributed by atoms with van der Waals surface area (Å²) in [4.78, 5) is 13.4. The lowest BCUT2D eigenvalue weighted by Gasteiger charge is -2.12. The molecule has 1 amide bonds. The van der Waals surface area contributed by atoms with E-state index >= 15 is 0 Å². The van der Waals surface area contributed by atoms with Gasteiger partial charge in [-0.3, -0.25) is 9.20 Å². The Balaban J connectivity index is 1.59. The Morgan fingerprint density at radius 3 is 2.77 bits per heavy atom. The van der Waals surface area contributed by atoms with Gasteiger partial charge >= 0.3 is 0 Å². The van der Waals surface area contributed by atoms with Crippen LogP contribution >= 0.6 is 11.3 Å². The van der Waals surface area contributed by atoms with E-state index in [-0.39, 0.29) is 17.8 Å². The second-order valence-electron chi connectivity index (χ2n) is 5.85. The summed E-state index contributed by atoms with van der Waals surface area (Å²) >= 11 is 1.35. The topological polar surface area (TPSA) is 59.3 Å². The van der Waals surface area contributed by atoms with Crippen LogP contribution in [0.3, 0.4) is 0 Å². The normalized spacial score (nSPS) is 12.2. The molecule has 0 fully saturated rings. The van der Waals surface area contributed by atoms with Crippen molar-refractivity contribution in [3.63, 3.8) is 0 Å². The van der Waals surface area contributed by atoms with Gasteiger partial charge in [0.15, 0.2) is 11.5 Å². The summed E-state index contributed by atoms with van der Waals surface area (Å²) in [6, 6.07) is 13.3. The summed E-state index contributed by atoms with van der Waals surface area (Å²) in [6.07, 6.45) is 1.86. The van der Waals surface area contributed by atoms with Crippen LogP contribution < -0.4 is 5.32 Å². The number of hydrogen-bond donors (Lipinski definition) is 1. The quantitative estimate of drug-likeness (QED) is 0.592. The first-order chi connectivity index (χ1) is 12.6. The number of nitrogens with zero attached hydrogens (tertiary/aromatic N) is 3. The van der Waals surface area contributed by atoms with Gasteiger partial charge < -0.3 is 5.32 Å². The number of amides is 1. The molecule has 0 bridgehead atoms. The zero-order valence-electron chi connectivity index (χ0n) is 13.9. The molecule has 0 unspecified atom stereocenters. The molecule has 1 aromatic carbocycles. The second-order valence-corrected chi connectivity index (χ2v) is 6.77. The van der Waals surface area contributed by atoms with Crippen LogP contribution in [0.15, 0.2) is 60.1 Å². The number of hydrogen-bond acceptors (Lipinski definition) is 4. The van der Waals surface area contributed by atoms with Crippen LogP contribution in [0.25, 0.3) is 16.8 Å². The smallest absolute Gasteiger partial charge is 0.262 e. The van der Waals surface area contributed by atoms with E-state index in [2.05, 4.69) is 15.5 Å². The van der Waals surface area contributed by atoms with Crippen molar-refractivity contribution in [3.05, 3.63) is 76.6 Å². The third-order valence-corrected chi connectivity index (χ3v) is 5.01. The molecule has 130 valence electrons. The van der Waals surface area contributed by atoms with E-state index in [0.29, 0.717) is 10.7 Å². The maximum atomic E-state index is 13.2. The first kappa shape index (κ1) is 16.4. The molecular formula is C19H15FN4OS. The molecule has 5 nitrogen and oxygen atoms in total. The van der Waals surface area contributed by atoms with E-state index in [1.54, 1.807) is 12.1 Å². The highest BCUT2D eigenvalue weighted by molar-refractivity contribution is 7.12. The Morgan fingerprint density at radius 2 is 1.96 bits per heavy atom. The van der Waals surface area contributed by atoms with Crippen LogP contribution in [0.2, 0.25) is 0 Å². The number of aromatic nitrogens is 3. The summed E-state index contributed by atoms with van der Waals surface area (Å²) in [6.45, 7) is 1.87. The number of halogens is 1. The molecule has 4 aromatic rings. The van der Waals surface area contributed by atoms with Gasteiger partial charge in [-0.2, -0.15) is 0 Å². The van der Waals surface area contributed by atoms with Crippen LogP contribution in [-0.4, -0.2) is 20.5 Å². The lowest BCUT2D eigenvalue weighted by Crippen LogP contribution is -2.27. The number of thiophene rings is 1. The number of carbonyl (C=O) groups is 1. The van der Waals surface area contributed by atoms with Crippen molar-refractivity contribution in [3.8, 4) is 11.1 Å². The predicted molar refractivity (Wildman–Crippen MR) is 98.6 cm³/mol. The maximum absolute atomic E-state index is 13.2. The molecule has 0 radical (unpaired) electrons. The number of rotatable bonds is 4. The van der Waals surface area contributed by atoms with Crippen LogP contribution in [0.5, 0.6) is 0 Å². The highest BCUT2D eigenvalue weighted by atomic mass is 32.1. The van der Waals surface area contributed by atoms with Gasteiger partial charge in [0, 0.05) is 11.8 Å². The molecule has 4 rings (SSSR count). The molecule has 26 heavy (non-hydrogen) atoms. The van der Waals surface area contributed by atoms with Gasteiger partial charge in [0.2, 0.25) is 0 Å². The van der Waals surface area contributed by atoms with Gasteiger partial charge in [0.1, 0.15) is 5.82 Å². The van der Waals surface area contributed by atoms with Crippen molar-refractivity contribution in [1.82, 2.24) is 19.9 Å². The van der Waals surface area contributed by atoms with Gasteiger partial charge in [-0.25, -0.2) is 4.39 Å². The van der Waals surface area contributed by atoms with E-state index in [1.807, 2.05) is 47.2 Å². The van der Waals surface area contributed by atoms with Crippen molar-refractivity contribution in [2.24, 2.45) is 0 Å². The molecule has 1 atom stereocenters. The minimum absolute atomic E-state index is 0.195. The number of pyridine rings is 1. The number of benzene rings is 1. The molecule has 3 aromatic heterocycles. The first-order valence-corrected chi connectivity index (χ1v) is 8.95. The van der Waals surface area contributed by atoms with Crippen molar-refractivity contribution >= 4 is 22.9 Å². The Hall–Kier alpha value is -3.06. The van der Waals surface area contributed by atoms with Crippen LogP contribution in [-0.2, 0) is 0 Å². The van der Waals surface area contributed by atoms with E-state index in [0.717, 1.165) is 16.8 Å². The minimum Gasteiger partial charge on any atom is -0.342 e. The van der Waals surface area contributed by atoms with Crippen LogP contribution in [0, 0.1) is 5.82 Å². The third-order valence-electron chi connectivity index (χ3n) is 4.10. The highest BCUT2D eigenvalue weighted by Crippen LogP contribution is 2.29. The largest absolute Gasteiger partial charge is 0.342 e. The van der Waals surface area contributed by atoms with Gasteiger partial charge in [0.05, 0.1) is 10.9 Å². The predicted octanol–water partition coefficient (Wildman–Crippen LogP) is 4.09. The van der Waals surface area contributed by atoms with Gasteiger partial charge in [-0.15, -0.1) is 21.5 Å². The fraction of sp³-hybridized carbons (Fsp3) is 0.105. The number of nitrogens with one attached hydrogen (secondary N) is 1. The second kappa shape index (κ2) is 6.68. The summed E-state index contributed by atoms with van der Waals surface area (Å²) < 4.78 is 15.0. The molecule has 0 aliphatic rings. The summed E-state index contributed by atoms with van der Waals surface area (Å²) in [7, 11) is 0. The Kier molecular flexibility index (Phi) is 4.22. The van der Waals surface area contributed by atoms with E-state index in [9.17, 15) is 9.18 Å². The summed E-state index contributed by atoms with van der Waals surface area (Å²) in [5, 5.41) is 13.1. The summed E-state index contributed by atoms with van der Waals surface area (Å²) in [5.41, 5.74) is 2.32. The average molecular weight is 366 g/mol. The summed E-state index contributed by atoms with van der Waals surface area (Å²) in [5.74, 6) is 0.163. The third kappa shape index (κ3) is 2.97. The van der Waals surface area contributed by atoms with E-state index in [1.165, 1.54) is 23.5 Å².